The first-order valence-electron chi connectivity index (χ1n) is 7.17. The second-order valence-electron chi connectivity index (χ2n) is 5.52. The molecule has 1 amide bonds. The highest BCUT2D eigenvalue weighted by Crippen LogP contribution is 2.25. The highest BCUT2D eigenvalue weighted by molar-refractivity contribution is 5.98. The van der Waals surface area contributed by atoms with Gasteiger partial charge in [-0.1, -0.05) is 6.07 Å². The molecule has 1 aromatic heterocycles. The third kappa shape index (κ3) is 2.90. The van der Waals surface area contributed by atoms with Crippen LogP contribution in [-0.2, 0) is 4.79 Å². The van der Waals surface area contributed by atoms with E-state index in [9.17, 15) is 14.0 Å². The van der Waals surface area contributed by atoms with E-state index in [4.69, 9.17) is 0 Å². The SMILES string of the molecule is CC1(C(=O)Nc2ccc(-n3ccccc3=O)cc2F)CCN=N1. The summed E-state index contributed by atoms with van der Waals surface area (Å²) >= 11 is 0. The van der Waals surface area contributed by atoms with Gasteiger partial charge >= 0.3 is 0 Å². The van der Waals surface area contributed by atoms with Crippen LogP contribution in [0.5, 0.6) is 0 Å². The average molecular weight is 314 g/mol. The molecule has 3 rings (SSSR count). The van der Waals surface area contributed by atoms with Gasteiger partial charge in [-0.15, -0.1) is 0 Å². The first-order chi connectivity index (χ1) is 11.0. The molecule has 7 heteroatoms. The first-order valence-corrected chi connectivity index (χ1v) is 7.17. The summed E-state index contributed by atoms with van der Waals surface area (Å²) in [6, 6.07) is 8.88. The van der Waals surface area contributed by atoms with Gasteiger partial charge < -0.3 is 5.32 Å². The zero-order valence-corrected chi connectivity index (χ0v) is 12.5. The molecular weight excluding hydrogens is 299 g/mol. The zero-order valence-electron chi connectivity index (χ0n) is 12.5. The van der Waals surface area contributed by atoms with Crippen LogP contribution in [0.15, 0.2) is 57.6 Å². The van der Waals surface area contributed by atoms with Crippen molar-refractivity contribution < 1.29 is 9.18 Å². The monoisotopic (exact) mass is 314 g/mol. The Hall–Kier alpha value is -2.83. The van der Waals surface area contributed by atoms with E-state index >= 15 is 0 Å². The fourth-order valence-electron chi connectivity index (χ4n) is 2.34. The van der Waals surface area contributed by atoms with Gasteiger partial charge in [0, 0.05) is 24.8 Å². The van der Waals surface area contributed by atoms with E-state index in [1.807, 2.05) is 0 Å². The van der Waals surface area contributed by atoms with Crippen LogP contribution in [0.1, 0.15) is 13.3 Å². The molecule has 1 unspecified atom stereocenters. The topological polar surface area (TPSA) is 75.8 Å². The summed E-state index contributed by atoms with van der Waals surface area (Å²) in [4.78, 5) is 24.0. The molecule has 6 nitrogen and oxygen atoms in total. The second-order valence-corrected chi connectivity index (χ2v) is 5.52. The second kappa shape index (κ2) is 5.75. The van der Waals surface area contributed by atoms with E-state index in [1.165, 1.54) is 22.8 Å². The Labute approximate surface area is 131 Å². The van der Waals surface area contributed by atoms with Crippen LogP contribution in [0, 0.1) is 5.82 Å². The number of anilines is 1. The molecule has 0 bridgehead atoms. The third-order valence-corrected chi connectivity index (χ3v) is 3.78. The standard InChI is InChI=1S/C16H15FN4O2/c1-16(7-8-18-20-16)15(23)19-13-6-5-11(10-12(13)17)21-9-3-2-4-14(21)22/h2-6,9-10H,7-8H2,1H3,(H,19,23). The normalized spacial score (nSPS) is 19.7. The summed E-state index contributed by atoms with van der Waals surface area (Å²) in [6.07, 6.45) is 2.05. The minimum absolute atomic E-state index is 0.0473. The van der Waals surface area contributed by atoms with E-state index in [0.29, 0.717) is 18.7 Å². The zero-order chi connectivity index (χ0) is 16.4. The molecule has 2 aromatic rings. The molecule has 1 aliphatic heterocycles. The highest BCUT2D eigenvalue weighted by atomic mass is 19.1. The predicted octanol–water partition coefficient (Wildman–Crippen LogP) is 2.53. The summed E-state index contributed by atoms with van der Waals surface area (Å²) in [5, 5.41) is 10.3. The van der Waals surface area contributed by atoms with Gasteiger partial charge in [-0.3, -0.25) is 14.2 Å². The lowest BCUT2D eigenvalue weighted by Gasteiger charge is -2.18. The van der Waals surface area contributed by atoms with Crippen LogP contribution in [0.3, 0.4) is 0 Å². The van der Waals surface area contributed by atoms with Gasteiger partial charge in [-0.05, 0) is 25.1 Å². The fraction of sp³-hybridized carbons (Fsp3) is 0.250. The fourth-order valence-corrected chi connectivity index (χ4v) is 2.34. The van der Waals surface area contributed by atoms with Crippen molar-refractivity contribution in [2.45, 2.75) is 18.9 Å². The van der Waals surface area contributed by atoms with Crippen LogP contribution in [0.4, 0.5) is 10.1 Å². The molecule has 1 N–H and O–H groups in total. The summed E-state index contributed by atoms with van der Waals surface area (Å²) in [5.74, 6) is -1.02. The number of benzene rings is 1. The maximum atomic E-state index is 14.3. The number of pyridine rings is 1. The molecule has 1 atom stereocenters. The molecule has 1 aromatic carbocycles. The highest BCUT2D eigenvalue weighted by Gasteiger charge is 2.36. The van der Waals surface area contributed by atoms with Gasteiger partial charge in [-0.25, -0.2) is 4.39 Å². The number of rotatable bonds is 3. The van der Waals surface area contributed by atoms with Crippen molar-refractivity contribution in [2.24, 2.45) is 10.2 Å². The Bertz CT molecular complexity index is 846. The smallest absolute Gasteiger partial charge is 0.255 e. The van der Waals surface area contributed by atoms with Crippen molar-refractivity contribution in [1.29, 1.82) is 0 Å². The third-order valence-electron chi connectivity index (χ3n) is 3.78. The Balaban J connectivity index is 1.86. The van der Waals surface area contributed by atoms with Gasteiger partial charge in [0.15, 0.2) is 5.54 Å². The van der Waals surface area contributed by atoms with E-state index in [1.54, 1.807) is 31.3 Å². The predicted molar refractivity (Wildman–Crippen MR) is 83.4 cm³/mol. The summed E-state index contributed by atoms with van der Waals surface area (Å²) in [7, 11) is 0. The van der Waals surface area contributed by atoms with Gasteiger partial charge in [0.05, 0.1) is 17.9 Å². The van der Waals surface area contributed by atoms with Crippen molar-refractivity contribution in [2.75, 3.05) is 11.9 Å². The number of nitrogens with one attached hydrogen (secondary N) is 1. The Kier molecular flexibility index (Phi) is 3.77. The molecule has 23 heavy (non-hydrogen) atoms. The Morgan fingerprint density at radius 1 is 1.35 bits per heavy atom. The number of amides is 1. The van der Waals surface area contributed by atoms with Crippen molar-refractivity contribution >= 4 is 11.6 Å². The van der Waals surface area contributed by atoms with Crippen LogP contribution in [0.2, 0.25) is 0 Å². The number of aromatic nitrogens is 1. The van der Waals surface area contributed by atoms with E-state index in [2.05, 4.69) is 15.5 Å². The van der Waals surface area contributed by atoms with E-state index in [0.717, 1.165) is 0 Å². The average Bonchev–Trinajstić information content (AvgIpc) is 2.98. The number of carbonyl (C=O) groups is 1. The van der Waals surface area contributed by atoms with Gasteiger partial charge in [0.2, 0.25) is 0 Å². The number of halogens is 1. The van der Waals surface area contributed by atoms with Crippen molar-refractivity contribution in [3.05, 3.63) is 58.8 Å². The molecule has 0 saturated carbocycles. The molecule has 1 aliphatic rings. The van der Waals surface area contributed by atoms with Crippen LogP contribution in [0.25, 0.3) is 5.69 Å². The van der Waals surface area contributed by atoms with Crippen molar-refractivity contribution in [3.8, 4) is 5.69 Å². The molecule has 118 valence electrons. The number of azo groups is 1. The van der Waals surface area contributed by atoms with Gasteiger partial charge in [0.25, 0.3) is 11.5 Å². The van der Waals surface area contributed by atoms with Gasteiger partial charge in [-0.2, -0.15) is 10.2 Å². The molecule has 0 saturated heterocycles. The summed E-state index contributed by atoms with van der Waals surface area (Å²) < 4.78 is 15.6. The molecule has 0 radical (unpaired) electrons. The molecule has 0 aliphatic carbocycles. The number of hydrogen-bond acceptors (Lipinski definition) is 4. The minimum Gasteiger partial charge on any atom is -0.321 e. The minimum atomic E-state index is -0.957. The lowest BCUT2D eigenvalue weighted by Crippen LogP contribution is -2.37. The number of hydrogen-bond donors (Lipinski definition) is 1. The molecule has 0 fully saturated rings. The Morgan fingerprint density at radius 3 is 2.83 bits per heavy atom. The van der Waals surface area contributed by atoms with Crippen LogP contribution >= 0.6 is 0 Å². The van der Waals surface area contributed by atoms with Crippen molar-refractivity contribution in [1.82, 2.24) is 4.57 Å². The van der Waals surface area contributed by atoms with E-state index < -0.39 is 17.3 Å². The number of nitrogens with zero attached hydrogens (tertiary/aromatic N) is 3. The molecular formula is C16H15FN4O2. The van der Waals surface area contributed by atoms with Gasteiger partial charge in [0.1, 0.15) is 5.82 Å². The lowest BCUT2D eigenvalue weighted by atomic mass is 9.99. The first kappa shape index (κ1) is 15.1. The molecule has 0 spiro atoms. The van der Waals surface area contributed by atoms with E-state index in [-0.39, 0.29) is 11.2 Å². The van der Waals surface area contributed by atoms with Crippen LogP contribution in [-0.4, -0.2) is 22.6 Å². The van der Waals surface area contributed by atoms with Crippen molar-refractivity contribution in [3.63, 3.8) is 0 Å². The summed E-state index contributed by atoms with van der Waals surface area (Å²) in [6.45, 7) is 2.15. The largest absolute Gasteiger partial charge is 0.321 e. The Morgan fingerprint density at radius 2 is 2.17 bits per heavy atom. The summed E-state index contributed by atoms with van der Waals surface area (Å²) in [5.41, 5.74) is -0.784. The van der Waals surface area contributed by atoms with Crippen LogP contribution < -0.4 is 10.9 Å². The quantitative estimate of drug-likeness (QED) is 0.945. The maximum absolute atomic E-state index is 14.3. The maximum Gasteiger partial charge on any atom is 0.255 e. The molecule has 2 heterocycles. The number of carbonyl (C=O) groups excluding carboxylic acids is 1. The lowest BCUT2D eigenvalue weighted by molar-refractivity contribution is -0.120.